The van der Waals surface area contributed by atoms with Crippen LogP contribution < -0.4 is 4.90 Å². The Kier molecular flexibility index (Phi) is 5.14. The first-order valence-corrected chi connectivity index (χ1v) is 7.32. The van der Waals surface area contributed by atoms with Gasteiger partial charge in [-0.05, 0) is 18.1 Å². The van der Waals surface area contributed by atoms with Crippen molar-refractivity contribution in [3.63, 3.8) is 0 Å². The minimum absolute atomic E-state index is 0.0196. The quantitative estimate of drug-likeness (QED) is 0.772. The lowest BCUT2D eigenvalue weighted by Gasteiger charge is -2.30. The number of hydrogen-bond acceptors (Lipinski definition) is 3. The third kappa shape index (κ3) is 3.15. The minimum Gasteiger partial charge on any atom is -0.452 e. The fraction of sp³-hybridized carbons (Fsp3) is 0.412. The number of nitrogens with zero attached hydrogens (tertiary/aromatic N) is 1. The molecule has 1 amide bonds. The minimum atomic E-state index is -0.423. The number of methoxy groups -OCH3 is 1. The molecule has 4 nitrogen and oxygen atoms in total. The molecule has 2 unspecified atom stereocenters. The second kappa shape index (κ2) is 7.07. The van der Waals surface area contributed by atoms with Gasteiger partial charge in [-0.2, -0.15) is 0 Å². The number of para-hydroxylation sites is 1. The molecule has 1 aromatic carbocycles. The highest BCUT2D eigenvalue weighted by molar-refractivity contribution is 5.91. The van der Waals surface area contributed by atoms with E-state index >= 15 is 0 Å². The first kappa shape index (κ1) is 15.3. The molecule has 0 aliphatic carbocycles. The van der Waals surface area contributed by atoms with Gasteiger partial charge in [-0.15, -0.1) is 0 Å². The summed E-state index contributed by atoms with van der Waals surface area (Å²) in [6, 6.07) is 7.67. The number of benzene rings is 1. The first-order valence-electron chi connectivity index (χ1n) is 7.32. The molecule has 0 N–H and O–H groups in total. The van der Waals surface area contributed by atoms with Crippen LogP contribution in [-0.2, 0) is 9.53 Å². The summed E-state index contributed by atoms with van der Waals surface area (Å²) in [5.74, 6) is -0.0340. The van der Waals surface area contributed by atoms with Gasteiger partial charge in [-0.1, -0.05) is 44.0 Å². The lowest BCUT2D eigenvalue weighted by atomic mass is 9.81. The van der Waals surface area contributed by atoms with Gasteiger partial charge in [0.1, 0.15) is 6.29 Å². The third-order valence-electron chi connectivity index (χ3n) is 3.90. The van der Waals surface area contributed by atoms with Crippen LogP contribution in [0.3, 0.4) is 0 Å². The molecule has 0 spiro atoms. The molecule has 0 saturated carbocycles. The van der Waals surface area contributed by atoms with E-state index in [1.807, 2.05) is 30.3 Å². The van der Waals surface area contributed by atoms with Gasteiger partial charge in [0.25, 0.3) is 0 Å². The largest absolute Gasteiger partial charge is 0.452 e. The number of unbranched alkanes of at least 4 members (excludes halogenated alkanes) is 1. The van der Waals surface area contributed by atoms with Crippen LogP contribution in [-0.4, -0.2) is 19.5 Å². The maximum Gasteiger partial charge on any atom is 0.418 e. The number of anilines is 1. The number of aldehydes is 1. The Balaban J connectivity index is 2.34. The number of hydrogen-bond donors (Lipinski definition) is 0. The van der Waals surface area contributed by atoms with Crippen molar-refractivity contribution in [3.05, 3.63) is 42.1 Å². The summed E-state index contributed by atoms with van der Waals surface area (Å²) in [7, 11) is 1.36. The summed E-state index contributed by atoms with van der Waals surface area (Å²) < 4.78 is 4.80. The molecule has 0 saturated heterocycles. The summed E-state index contributed by atoms with van der Waals surface area (Å²) in [5, 5.41) is 0. The highest BCUT2D eigenvalue weighted by Gasteiger charge is 2.29. The van der Waals surface area contributed by atoms with Crippen LogP contribution in [0.5, 0.6) is 0 Å². The molecule has 4 heteroatoms. The van der Waals surface area contributed by atoms with Crippen LogP contribution >= 0.6 is 0 Å². The number of amides is 1. The molecule has 0 fully saturated rings. The highest BCUT2D eigenvalue weighted by atomic mass is 16.5. The van der Waals surface area contributed by atoms with Gasteiger partial charge in [0.15, 0.2) is 0 Å². The molecule has 1 aromatic rings. The number of fused-ring (bicyclic) bond motifs is 1. The van der Waals surface area contributed by atoms with Crippen molar-refractivity contribution in [2.45, 2.75) is 32.1 Å². The van der Waals surface area contributed by atoms with E-state index in [0.717, 1.165) is 36.8 Å². The Morgan fingerprint density at radius 2 is 2.19 bits per heavy atom. The lowest BCUT2D eigenvalue weighted by molar-refractivity contribution is -0.111. The molecule has 2 atom stereocenters. The monoisotopic (exact) mass is 287 g/mol. The topological polar surface area (TPSA) is 46.6 Å². The molecule has 0 aromatic heterocycles. The zero-order valence-electron chi connectivity index (χ0n) is 12.5. The lowest BCUT2D eigenvalue weighted by Crippen LogP contribution is -2.30. The van der Waals surface area contributed by atoms with Gasteiger partial charge in [0.2, 0.25) is 0 Å². The van der Waals surface area contributed by atoms with E-state index in [4.69, 9.17) is 4.74 Å². The summed E-state index contributed by atoms with van der Waals surface area (Å²) in [6.45, 7) is 2.12. The SMILES string of the molecule is CCCCC(C=O)C1C=CN(C(=O)OC)c2ccccc21. The number of carbonyl (C=O) groups excluding carboxylic acids is 2. The van der Waals surface area contributed by atoms with Crippen molar-refractivity contribution in [3.8, 4) is 0 Å². The summed E-state index contributed by atoms with van der Waals surface area (Å²) in [6.07, 6.45) is 7.20. The fourth-order valence-electron chi connectivity index (χ4n) is 2.75. The van der Waals surface area contributed by atoms with Gasteiger partial charge >= 0.3 is 6.09 Å². The van der Waals surface area contributed by atoms with E-state index in [2.05, 4.69) is 6.92 Å². The molecule has 21 heavy (non-hydrogen) atoms. The smallest absolute Gasteiger partial charge is 0.418 e. The predicted octanol–water partition coefficient (Wildman–Crippen LogP) is 3.88. The zero-order chi connectivity index (χ0) is 15.2. The maximum atomic E-state index is 11.8. The Hall–Kier alpha value is -2.10. The molecule has 2 rings (SSSR count). The molecule has 1 heterocycles. The van der Waals surface area contributed by atoms with Crippen molar-refractivity contribution in [2.75, 3.05) is 12.0 Å². The molecule has 0 radical (unpaired) electrons. The van der Waals surface area contributed by atoms with Crippen molar-refractivity contribution in [1.82, 2.24) is 0 Å². The van der Waals surface area contributed by atoms with Crippen molar-refractivity contribution >= 4 is 18.1 Å². The molecule has 1 aliphatic heterocycles. The predicted molar refractivity (Wildman–Crippen MR) is 82.3 cm³/mol. The highest BCUT2D eigenvalue weighted by Crippen LogP contribution is 2.38. The van der Waals surface area contributed by atoms with E-state index in [-0.39, 0.29) is 11.8 Å². The van der Waals surface area contributed by atoms with E-state index in [1.165, 1.54) is 12.0 Å². The van der Waals surface area contributed by atoms with Crippen LogP contribution in [0.15, 0.2) is 36.5 Å². The average molecular weight is 287 g/mol. The average Bonchev–Trinajstić information content (AvgIpc) is 2.54. The molecule has 0 bridgehead atoms. The Morgan fingerprint density at radius 3 is 2.86 bits per heavy atom. The Bertz CT molecular complexity index is 539. The third-order valence-corrected chi connectivity index (χ3v) is 3.90. The second-order valence-corrected chi connectivity index (χ2v) is 5.21. The number of allylic oxidation sites excluding steroid dienone is 1. The van der Waals surface area contributed by atoms with Crippen molar-refractivity contribution < 1.29 is 14.3 Å². The van der Waals surface area contributed by atoms with E-state index < -0.39 is 6.09 Å². The molecule has 1 aliphatic rings. The Labute approximate surface area is 125 Å². The van der Waals surface area contributed by atoms with Crippen LogP contribution in [0.4, 0.5) is 10.5 Å². The van der Waals surface area contributed by atoms with Crippen molar-refractivity contribution in [1.29, 1.82) is 0 Å². The van der Waals surface area contributed by atoms with E-state index in [9.17, 15) is 9.59 Å². The van der Waals surface area contributed by atoms with Crippen LogP contribution in [0.1, 0.15) is 37.7 Å². The normalized spacial score (nSPS) is 18.0. The van der Waals surface area contributed by atoms with Gasteiger partial charge in [-0.25, -0.2) is 4.79 Å². The first-order chi connectivity index (χ1) is 10.2. The number of rotatable bonds is 5. The Morgan fingerprint density at radius 1 is 1.43 bits per heavy atom. The number of carbonyl (C=O) groups is 2. The fourth-order valence-corrected chi connectivity index (χ4v) is 2.75. The van der Waals surface area contributed by atoms with E-state index in [1.54, 1.807) is 6.20 Å². The molecule has 112 valence electrons. The maximum absolute atomic E-state index is 11.8. The summed E-state index contributed by atoms with van der Waals surface area (Å²) >= 11 is 0. The van der Waals surface area contributed by atoms with Gasteiger partial charge in [0.05, 0.1) is 12.8 Å². The molecular formula is C17H21NO3. The van der Waals surface area contributed by atoms with Crippen LogP contribution in [0, 0.1) is 5.92 Å². The van der Waals surface area contributed by atoms with Gasteiger partial charge in [0, 0.05) is 18.0 Å². The van der Waals surface area contributed by atoms with Crippen LogP contribution in [0.25, 0.3) is 0 Å². The van der Waals surface area contributed by atoms with Gasteiger partial charge in [-0.3, -0.25) is 4.90 Å². The van der Waals surface area contributed by atoms with E-state index in [0.29, 0.717) is 0 Å². The van der Waals surface area contributed by atoms with Crippen molar-refractivity contribution in [2.24, 2.45) is 5.92 Å². The standard InChI is InChI=1S/C17H21NO3/c1-3-4-7-13(12-19)14-10-11-18(17(20)21-2)16-9-6-5-8-15(14)16/h5-6,8-14H,3-4,7H2,1-2H3. The summed E-state index contributed by atoms with van der Waals surface area (Å²) in [4.78, 5) is 24.8. The number of ether oxygens (including phenoxy) is 1. The van der Waals surface area contributed by atoms with Crippen LogP contribution in [0.2, 0.25) is 0 Å². The van der Waals surface area contributed by atoms with Gasteiger partial charge < -0.3 is 9.53 Å². The summed E-state index contributed by atoms with van der Waals surface area (Å²) in [5.41, 5.74) is 1.79. The zero-order valence-corrected chi connectivity index (χ0v) is 12.5. The second-order valence-electron chi connectivity index (χ2n) is 5.21. The molecular weight excluding hydrogens is 266 g/mol.